The Bertz CT molecular complexity index is 425. The highest BCUT2D eigenvalue weighted by molar-refractivity contribution is 5.66. The van der Waals surface area contributed by atoms with Crippen LogP contribution in [0.2, 0.25) is 0 Å². The zero-order valence-corrected chi connectivity index (χ0v) is 21.6. The molecule has 0 radical (unpaired) electrons. The molecule has 0 heterocycles. The van der Waals surface area contributed by atoms with Gasteiger partial charge < -0.3 is 5.11 Å². The molecule has 0 unspecified atom stereocenters. The molecule has 32 heavy (non-hydrogen) atoms. The van der Waals surface area contributed by atoms with Crippen molar-refractivity contribution in [2.45, 2.75) is 161 Å². The van der Waals surface area contributed by atoms with Gasteiger partial charge in [0, 0.05) is 6.42 Å². The summed E-state index contributed by atoms with van der Waals surface area (Å²) in [7, 11) is 0. The number of carboxylic acid groups (broad SMARTS) is 1. The van der Waals surface area contributed by atoms with Crippen LogP contribution in [0.4, 0.5) is 0 Å². The molecule has 2 nitrogen and oxygen atoms in total. The Morgan fingerprint density at radius 3 is 1.22 bits per heavy atom. The first kappa shape index (κ1) is 30.9. The molecule has 0 aliphatic rings. The summed E-state index contributed by atoms with van der Waals surface area (Å²) in [4.78, 5) is 10.4. The minimum atomic E-state index is -0.652. The Labute approximate surface area is 201 Å². The summed E-state index contributed by atoms with van der Waals surface area (Å²) in [6, 6.07) is 0. The van der Waals surface area contributed by atoms with Crippen LogP contribution in [0, 0.1) is 0 Å². The Morgan fingerprint density at radius 1 is 0.500 bits per heavy atom. The summed E-state index contributed by atoms with van der Waals surface area (Å²) in [6.07, 6.45) is 40.0. The quantitative estimate of drug-likeness (QED) is 0.105. The lowest BCUT2D eigenvalue weighted by Gasteiger charge is -2.03. The zero-order valence-electron chi connectivity index (χ0n) is 21.6. The number of unbranched alkanes of at least 4 members (excludes halogenated alkanes) is 20. The van der Waals surface area contributed by atoms with E-state index in [2.05, 4.69) is 31.2 Å². The molecule has 0 aromatic carbocycles. The summed E-state index contributed by atoms with van der Waals surface area (Å²) in [6.45, 7) is 2.26. The van der Waals surface area contributed by atoms with Crippen LogP contribution in [-0.2, 0) is 4.79 Å². The highest BCUT2D eigenvalue weighted by atomic mass is 16.4. The Balaban J connectivity index is 3.10. The molecule has 0 fully saturated rings. The van der Waals surface area contributed by atoms with Gasteiger partial charge in [0.15, 0.2) is 0 Å². The Morgan fingerprint density at radius 2 is 0.844 bits per heavy atom. The number of carbonyl (C=O) groups is 1. The summed E-state index contributed by atoms with van der Waals surface area (Å²) >= 11 is 0. The van der Waals surface area contributed by atoms with E-state index in [9.17, 15) is 4.79 Å². The second kappa shape index (κ2) is 28.0. The van der Waals surface area contributed by atoms with Gasteiger partial charge in [-0.05, 0) is 38.5 Å². The van der Waals surface area contributed by atoms with Crippen LogP contribution >= 0.6 is 0 Å². The minimum absolute atomic E-state index is 0.342. The molecule has 0 saturated carbocycles. The fraction of sp³-hybridized carbons (Fsp3) is 0.833. The molecule has 0 atom stereocenters. The van der Waals surface area contributed by atoms with Crippen LogP contribution in [0.1, 0.15) is 161 Å². The van der Waals surface area contributed by atoms with E-state index in [4.69, 9.17) is 5.11 Å². The summed E-state index contributed by atoms with van der Waals surface area (Å²) < 4.78 is 0. The van der Waals surface area contributed by atoms with Crippen molar-refractivity contribution in [3.8, 4) is 0 Å². The van der Waals surface area contributed by atoms with Crippen LogP contribution < -0.4 is 0 Å². The van der Waals surface area contributed by atoms with Gasteiger partial charge in [-0.1, -0.05) is 140 Å². The van der Waals surface area contributed by atoms with Crippen molar-refractivity contribution >= 4 is 5.97 Å². The number of aliphatic carboxylic acids is 1. The smallest absolute Gasteiger partial charge is 0.303 e. The van der Waals surface area contributed by atoms with Crippen LogP contribution in [0.3, 0.4) is 0 Å². The van der Waals surface area contributed by atoms with Crippen molar-refractivity contribution in [1.29, 1.82) is 0 Å². The summed E-state index contributed by atoms with van der Waals surface area (Å²) in [5.74, 6) is -0.652. The maximum atomic E-state index is 10.4. The van der Waals surface area contributed by atoms with Crippen LogP contribution in [0.25, 0.3) is 0 Å². The van der Waals surface area contributed by atoms with E-state index in [-0.39, 0.29) is 0 Å². The largest absolute Gasteiger partial charge is 0.481 e. The van der Waals surface area contributed by atoms with Gasteiger partial charge in [0.25, 0.3) is 0 Å². The lowest BCUT2D eigenvalue weighted by Crippen LogP contribution is -1.93. The van der Waals surface area contributed by atoms with E-state index in [0.29, 0.717) is 6.42 Å². The van der Waals surface area contributed by atoms with Gasteiger partial charge in [-0.25, -0.2) is 0 Å². The number of rotatable bonds is 26. The lowest BCUT2D eigenvalue weighted by atomic mass is 10.0. The average Bonchev–Trinajstić information content (AvgIpc) is 2.78. The predicted octanol–water partition coefficient (Wildman–Crippen LogP) is 10.6. The molecule has 2 heteroatoms. The Hall–Kier alpha value is -1.05. The number of allylic oxidation sites excluding steroid dienone is 4. The fourth-order valence-corrected chi connectivity index (χ4v) is 4.21. The molecule has 0 aromatic heterocycles. The van der Waals surface area contributed by atoms with Crippen molar-refractivity contribution in [2.24, 2.45) is 0 Å². The summed E-state index contributed by atoms with van der Waals surface area (Å²) in [5.41, 5.74) is 0. The molecule has 0 aliphatic heterocycles. The minimum Gasteiger partial charge on any atom is -0.481 e. The SMILES string of the molecule is CCCCCC=CCC=CCCCCCCCCCCCCCCCCCCCC(=O)O. The highest BCUT2D eigenvalue weighted by Crippen LogP contribution is 2.14. The third-order valence-electron chi connectivity index (χ3n) is 6.34. The van der Waals surface area contributed by atoms with E-state index in [1.165, 1.54) is 128 Å². The van der Waals surface area contributed by atoms with E-state index in [0.717, 1.165) is 19.3 Å². The molecule has 0 aromatic rings. The molecule has 0 rings (SSSR count). The molecular weight excluding hydrogens is 392 g/mol. The van der Waals surface area contributed by atoms with Gasteiger partial charge in [-0.15, -0.1) is 0 Å². The second-order valence-corrected chi connectivity index (χ2v) is 9.62. The van der Waals surface area contributed by atoms with Gasteiger partial charge in [0.05, 0.1) is 0 Å². The van der Waals surface area contributed by atoms with Crippen molar-refractivity contribution < 1.29 is 9.90 Å². The Kier molecular flexibility index (Phi) is 27.1. The van der Waals surface area contributed by atoms with Crippen LogP contribution in [0.15, 0.2) is 24.3 Å². The third kappa shape index (κ3) is 28.9. The monoisotopic (exact) mass is 448 g/mol. The fourth-order valence-electron chi connectivity index (χ4n) is 4.21. The first-order valence-corrected chi connectivity index (χ1v) is 14.3. The van der Waals surface area contributed by atoms with Crippen molar-refractivity contribution in [1.82, 2.24) is 0 Å². The average molecular weight is 449 g/mol. The number of carboxylic acids is 1. The van der Waals surface area contributed by atoms with E-state index in [1.807, 2.05) is 0 Å². The first-order valence-electron chi connectivity index (χ1n) is 14.3. The standard InChI is InChI=1S/C30H56O2/c1-2-3-4-5-6-7-8-9-10-11-12-13-14-15-16-17-18-19-20-21-22-23-24-25-26-27-28-29-30(31)32/h6-7,9-10H,2-5,8,11-29H2,1H3,(H,31,32). The van der Waals surface area contributed by atoms with Crippen molar-refractivity contribution in [2.75, 3.05) is 0 Å². The first-order chi connectivity index (χ1) is 15.8. The van der Waals surface area contributed by atoms with Gasteiger partial charge in [-0.2, -0.15) is 0 Å². The third-order valence-corrected chi connectivity index (χ3v) is 6.34. The summed E-state index contributed by atoms with van der Waals surface area (Å²) in [5, 5.41) is 8.60. The van der Waals surface area contributed by atoms with Gasteiger partial charge in [0.2, 0.25) is 0 Å². The number of hydrogen-bond acceptors (Lipinski definition) is 1. The lowest BCUT2D eigenvalue weighted by molar-refractivity contribution is -0.137. The molecular formula is C30H56O2. The maximum Gasteiger partial charge on any atom is 0.303 e. The topological polar surface area (TPSA) is 37.3 Å². The molecule has 188 valence electrons. The molecule has 0 amide bonds. The van der Waals surface area contributed by atoms with Gasteiger partial charge in [0.1, 0.15) is 0 Å². The molecule has 0 saturated heterocycles. The normalized spacial score (nSPS) is 11.8. The predicted molar refractivity (Wildman–Crippen MR) is 142 cm³/mol. The van der Waals surface area contributed by atoms with E-state index < -0.39 is 5.97 Å². The second-order valence-electron chi connectivity index (χ2n) is 9.62. The van der Waals surface area contributed by atoms with Gasteiger partial charge >= 0.3 is 5.97 Å². The maximum absolute atomic E-state index is 10.4. The zero-order chi connectivity index (χ0) is 23.4. The van der Waals surface area contributed by atoms with Crippen molar-refractivity contribution in [3.63, 3.8) is 0 Å². The highest BCUT2D eigenvalue weighted by Gasteiger charge is 1.97. The van der Waals surface area contributed by atoms with E-state index in [1.54, 1.807) is 0 Å². The molecule has 0 aliphatic carbocycles. The molecule has 1 N–H and O–H groups in total. The molecule has 0 bridgehead atoms. The van der Waals surface area contributed by atoms with E-state index >= 15 is 0 Å². The molecule has 0 spiro atoms. The van der Waals surface area contributed by atoms with Gasteiger partial charge in [-0.3, -0.25) is 4.79 Å². The van der Waals surface area contributed by atoms with Crippen molar-refractivity contribution in [3.05, 3.63) is 24.3 Å². The van der Waals surface area contributed by atoms with Crippen LogP contribution in [0.5, 0.6) is 0 Å². The van der Waals surface area contributed by atoms with Crippen LogP contribution in [-0.4, -0.2) is 11.1 Å². The number of hydrogen-bond donors (Lipinski definition) is 1.